The number of rotatable bonds is 1. The molecule has 0 N–H and O–H groups in total. The Morgan fingerprint density at radius 3 is 2.88 bits per heavy atom. The van der Waals surface area contributed by atoms with Gasteiger partial charge in [-0.1, -0.05) is 25.5 Å². The summed E-state index contributed by atoms with van der Waals surface area (Å²) in [5, 5.41) is 0. The molecule has 0 aromatic rings. The summed E-state index contributed by atoms with van der Waals surface area (Å²) >= 11 is 0. The average Bonchev–Trinajstić information content (AvgIpc) is 2.27. The third-order valence-corrected chi connectivity index (χ3v) is 4.41. The third kappa shape index (κ3) is 2.02. The normalized spacial score (nSPS) is 32.6. The van der Waals surface area contributed by atoms with Crippen LogP contribution in [-0.2, 0) is 9.53 Å². The maximum atomic E-state index is 11.6. The van der Waals surface area contributed by atoms with Crippen molar-refractivity contribution in [3.63, 3.8) is 0 Å². The second-order valence-corrected chi connectivity index (χ2v) is 5.86. The van der Waals surface area contributed by atoms with Gasteiger partial charge in [-0.2, -0.15) is 0 Å². The van der Waals surface area contributed by atoms with Crippen molar-refractivity contribution in [1.29, 1.82) is 0 Å². The standard InChI is InChI=1S/C14H22O2/c1-14(2)8-4-5-10-9-11(13(15)16-3)6-7-12(10)14/h5,11-12H,4,6-9H2,1-3H3. The van der Waals surface area contributed by atoms with Crippen molar-refractivity contribution in [2.75, 3.05) is 7.11 Å². The molecule has 2 aliphatic rings. The van der Waals surface area contributed by atoms with Gasteiger partial charge in [-0.15, -0.1) is 0 Å². The van der Waals surface area contributed by atoms with Crippen molar-refractivity contribution < 1.29 is 9.53 Å². The molecule has 0 spiro atoms. The molecule has 0 aliphatic heterocycles. The largest absolute Gasteiger partial charge is 0.469 e. The van der Waals surface area contributed by atoms with Crippen LogP contribution in [0.25, 0.3) is 0 Å². The first-order valence-corrected chi connectivity index (χ1v) is 6.31. The summed E-state index contributed by atoms with van der Waals surface area (Å²) in [4.78, 5) is 11.6. The zero-order valence-electron chi connectivity index (χ0n) is 10.6. The van der Waals surface area contributed by atoms with Gasteiger partial charge in [0, 0.05) is 0 Å². The summed E-state index contributed by atoms with van der Waals surface area (Å²) in [6.45, 7) is 4.73. The molecule has 2 unspecified atom stereocenters. The zero-order chi connectivity index (χ0) is 11.8. The molecule has 0 aromatic heterocycles. The van der Waals surface area contributed by atoms with Gasteiger partial charge in [0.05, 0.1) is 13.0 Å². The van der Waals surface area contributed by atoms with Crippen LogP contribution in [0.1, 0.15) is 46.0 Å². The Hall–Kier alpha value is -0.790. The molecule has 0 heterocycles. The van der Waals surface area contributed by atoms with E-state index in [0.717, 1.165) is 19.3 Å². The number of carbonyl (C=O) groups is 1. The maximum Gasteiger partial charge on any atom is 0.308 e. The molecule has 0 bridgehead atoms. The molecule has 2 aliphatic carbocycles. The van der Waals surface area contributed by atoms with Crippen LogP contribution < -0.4 is 0 Å². The summed E-state index contributed by atoms with van der Waals surface area (Å²) in [5.41, 5.74) is 1.93. The zero-order valence-corrected chi connectivity index (χ0v) is 10.6. The van der Waals surface area contributed by atoms with E-state index >= 15 is 0 Å². The highest BCUT2D eigenvalue weighted by Gasteiger charge is 2.39. The van der Waals surface area contributed by atoms with E-state index in [9.17, 15) is 4.79 Å². The number of hydrogen-bond donors (Lipinski definition) is 0. The number of carbonyl (C=O) groups excluding carboxylic acids is 1. The molecular formula is C14H22O2. The molecule has 16 heavy (non-hydrogen) atoms. The van der Waals surface area contributed by atoms with Gasteiger partial charge in [-0.3, -0.25) is 4.79 Å². The van der Waals surface area contributed by atoms with Gasteiger partial charge in [0.15, 0.2) is 0 Å². The fourth-order valence-corrected chi connectivity index (χ4v) is 3.37. The number of fused-ring (bicyclic) bond motifs is 1. The second kappa shape index (κ2) is 4.23. The predicted molar refractivity (Wildman–Crippen MR) is 63.9 cm³/mol. The molecular weight excluding hydrogens is 200 g/mol. The fourth-order valence-electron chi connectivity index (χ4n) is 3.37. The Morgan fingerprint density at radius 2 is 2.19 bits per heavy atom. The predicted octanol–water partition coefficient (Wildman–Crippen LogP) is 3.32. The number of hydrogen-bond acceptors (Lipinski definition) is 2. The van der Waals surface area contributed by atoms with E-state index in [1.54, 1.807) is 0 Å². The quantitative estimate of drug-likeness (QED) is 0.502. The summed E-state index contributed by atoms with van der Waals surface area (Å²) in [5.74, 6) is 0.784. The number of methoxy groups -OCH3 is 1. The number of esters is 1. The van der Waals surface area contributed by atoms with Gasteiger partial charge in [-0.05, 0) is 43.4 Å². The van der Waals surface area contributed by atoms with E-state index in [4.69, 9.17) is 4.74 Å². The molecule has 0 radical (unpaired) electrons. The van der Waals surface area contributed by atoms with E-state index in [2.05, 4.69) is 19.9 Å². The van der Waals surface area contributed by atoms with Crippen LogP contribution in [0.3, 0.4) is 0 Å². The third-order valence-electron chi connectivity index (χ3n) is 4.41. The summed E-state index contributed by atoms with van der Waals surface area (Å²) in [6, 6.07) is 0. The van der Waals surface area contributed by atoms with Crippen LogP contribution in [0, 0.1) is 17.3 Å². The van der Waals surface area contributed by atoms with Gasteiger partial charge in [-0.25, -0.2) is 0 Å². The number of allylic oxidation sites excluding steroid dienone is 2. The first-order valence-electron chi connectivity index (χ1n) is 6.31. The van der Waals surface area contributed by atoms with Crippen molar-refractivity contribution in [3.05, 3.63) is 11.6 Å². The topological polar surface area (TPSA) is 26.3 Å². The Balaban J connectivity index is 2.11. The van der Waals surface area contributed by atoms with Crippen LogP contribution in [0.2, 0.25) is 0 Å². The Kier molecular flexibility index (Phi) is 3.09. The minimum absolute atomic E-state index is 0.0253. The molecule has 90 valence electrons. The summed E-state index contributed by atoms with van der Waals surface area (Å²) < 4.78 is 4.86. The fraction of sp³-hybridized carbons (Fsp3) is 0.786. The van der Waals surface area contributed by atoms with E-state index in [1.165, 1.54) is 25.5 Å². The van der Waals surface area contributed by atoms with Crippen molar-refractivity contribution in [2.24, 2.45) is 17.3 Å². The van der Waals surface area contributed by atoms with E-state index in [0.29, 0.717) is 11.3 Å². The molecule has 1 fully saturated rings. The van der Waals surface area contributed by atoms with Crippen molar-refractivity contribution in [3.8, 4) is 0 Å². The SMILES string of the molecule is COC(=O)C1CCC2C(=CCCC2(C)C)C1. The van der Waals surface area contributed by atoms with Crippen molar-refractivity contribution >= 4 is 5.97 Å². The molecule has 1 saturated carbocycles. The molecule has 2 rings (SSSR count). The van der Waals surface area contributed by atoms with Gasteiger partial charge < -0.3 is 4.74 Å². The molecule has 0 amide bonds. The Morgan fingerprint density at radius 1 is 1.44 bits per heavy atom. The lowest BCUT2D eigenvalue weighted by Gasteiger charge is -2.43. The van der Waals surface area contributed by atoms with Crippen molar-refractivity contribution in [1.82, 2.24) is 0 Å². The maximum absolute atomic E-state index is 11.6. The Bertz CT molecular complexity index is 315. The van der Waals surface area contributed by atoms with Gasteiger partial charge in [0.2, 0.25) is 0 Å². The first kappa shape index (κ1) is 11.7. The lowest BCUT2D eigenvalue weighted by molar-refractivity contribution is -0.146. The van der Waals surface area contributed by atoms with Crippen LogP contribution in [-0.4, -0.2) is 13.1 Å². The molecule has 2 nitrogen and oxygen atoms in total. The highest BCUT2D eigenvalue weighted by atomic mass is 16.5. The van der Waals surface area contributed by atoms with E-state index in [-0.39, 0.29) is 11.9 Å². The van der Waals surface area contributed by atoms with E-state index in [1.807, 2.05) is 0 Å². The monoisotopic (exact) mass is 222 g/mol. The van der Waals surface area contributed by atoms with Crippen LogP contribution >= 0.6 is 0 Å². The highest BCUT2D eigenvalue weighted by Crippen LogP contribution is 2.49. The summed E-state index contributed by atoms with van der Waals surface area (Å²) in [6.07, 6.45) is 7.90. The molecule has 0 aromatic carbocycles. The lowest BCUT2D eigenvalue weighted by atomic mass is 9.62. The minimum Gasteiger partial charge on any atom is -0.469 e. The smallest absolute Gasteiger partial charge is 0.308 e. The number of ether oxygens (including phenoxy) is 1. The summed E-state index contributed by atoms with van der Waals surface area (Å²) in [7, 11) is 1.49. The van der Waals surface area contributed by atoms with E-state index < -0.39 is 0 Å². The molecule has 2 heteroatoms. The first-order chi connectivity index (χ1) is 7.54. The minimum atomic E-state index is -0.0253. The van der Waals surface area contributed by atoms with Crippen LogP contribution in [0.5, 0.6) is 0 Å². The Labute approximate surface area is 98.1 Å². The second-order valence-electron chi connectivity index (χ2n) is 5.86. The van der Waals surface area contributed by atoms with Gasteiger partial charge in [0.25, 0.3) is 0 Å². The molecule has 2 atom stereocenters. The van der Waals surface area contributed by atoms with Crippen LogP contribution in [0.4, 0.5) is 0 Å². The highest BCUT2D eigenvalue weighted by molar-refractivity contribution is 5.72. The molecule has 0 saturated heterocycles. The average molecular weight is 222 g/mol. The van der Waals surface area contributed by atoms with Gasteiger partial charge >= 0.3 is 5.97 Å². The van der Waals surface area contributed by atoms with Gasteiger partial charge in [0.1, 0.15) is 0 Å². The van der Waals surface area contributed by atoms with Crippen molar-refractivity contribution in [2.45, 2.75) is 46.0 Å². The lowest BCUT2D eigenvalue weighted by Crippen LogP contribution is -2.34. The van der Waals surface area contributed by atoms with Crippen LogP contribution in [0.15, 0.2) is 11.6 Å².